The number of rotatable bonds is 4. The Morgan fingerprint density at radius 3 is 2.25 bits per heavy atom. The third-order valence-corrected chi connectivity index (χ3v) is 2.82. The number of aromatic nitrogens is 2. The third kappa shape index (κ3) is 2.96. The minimum Gasteiger partial charge on any atom is -0.294 e. The van der Waals surface area contributed by atoms with Crippen molar-refractivity contribution in [2.45, 2.75) is 13.3 Å². The molecule has 104 valence electrons. The number of benzene rings is 1. The average molecular weight is 278 g/mol. The van der Waals surface area contributed by atoms with Crippen LogP contribution in [0.5, 0.6) is 0 Å². The van der Waals surface area contributed by atoms with Crippen LogP contribution >= 0.6 is 0 Å². The molecular weight excluding hydrogens is 266 g/mol. The van der Waals surface area contributed by atoms with Gasteiger partial charge in [-0.15, -0.1) is 0 Å². The first-order valence-corrected chi connectivity index (χ1v) is 5.89. The molecule has 2 rings (SSSR count). The van der Waals surface area contributed by atoms with E-state index in [0.717, 1.165) is 12.1 Å². The van der Waals surface area contributed by atoms with Gasteiger partial charge in [0, 0.05) is 24.9 Å². The maximum Gasteiger partial charge on any atom is 0.174 e. The van der Waals surface area contributed by atoms with E-state index in [-0.39, 0.29) is 5.56 Å². The lowest BCUT2D eigenvalue weighted by Crippen LogP contribution is -2.09. The van der Waals surface area contributed by atoms with E-state index >= 15 is 0 Å². The van der Waals surface area contributed by atoms with Crippen molar-refractivity contribution < 1.29 is 18.4 Å². The molecular formula is C14H12F2N2O2. The van der Waals surface area contributed by atoms with E-state index in [9.17, 15) is 18.4 Å². The summed E-state index contributed by atoms with van der Waals surface area (Å²) in [7, 11) is 1.66. The molecule has 0 aliphatic carbocycles. The van der Waals surface area contributed by atoms with Crippen LogP contribution in [0.25, 0.3) is 0 Å². The van der Waals surface area contributed by atoms with Crippen molar-refractivity contribution in [2.75, 3.05) is 0 Å². The molecule has 0 N–H and O–H groups in total. The van der Waals surface area contributed by atoms with Gasteiger partial charge < -0.3 is 0 Å². The van der Waals surface area contributed by atoms with Gasteiger partial charge in [-0.25, -0.2) is 8.78 Å². The van der Waals surface area contributed by atoms with Crippen LogP contribution in [0.1, 0.15) is 32.8 Å². The van der Waals surface area contributed by atoms with E-state index < -0.39 is 29.6 Å². The molecule has 6 heteroatoms. The Balaban J connectivity index is 2.19. The Labute approximate surface area is 114 Å². The molecule has 0 spiro atoms. The Bertz CT molecular complexity index is 672. The molecule has 0 saturated carbocycles. The van der Waals surface area contributed by atoms with Crippen LogP contribution in [0.15, 0.2) is 24.4 Å². The molecule has 20 heavy (non-hydrogen) atoms. The SMILES string of the molecule is Cc1nn(C)cc1C(=O)CC(=O)c1cc(F)cc(F)c1. The van der Waals surface area contributed by atoms with Crippen molar-refractivity contribution >= 4 is 11.6 Å². The highest BCUT2D eigenvalue weighted by Crippen LogP contribution is 2.14. The molecule has 1 aromatic heterocycles. The normalized spacial score (nSPS) is 10.6. The van der Waals surface area contributed by atoms with Gasteiger partial charge in [-0.2, -0.15) is 5.10 Å². The molecule has 0 aliphatic heterocycles. The van der Waals surface area contributed by atoms with E-state index in [0.29, 0.717) is 17.3 Å². The number of halogens is 2. The summed E-state index contributed by atoms with van der Waals surface area (Å²) < 4.78 is 27.5. The molecule has 4 nitrogen and oxygen atoms in total. The van der Waals surface area contributed by atoms with Crippen LogP contribution in [0.4, 0.5) is 8.78 Å². The number of aryl methyl sites for hydroxylation is 2. The fraction of sp³-hybridized carbons (Fsp3) is 0.214. The Morgan fingerprint density at radius 1 is 1.15 bits per heavy atom. The van der Waals surface area contributed by atoms with Crippen molar-refractivity contribution in [1.29, 1.82) is 0 Å². The van der Waals surface area contributed by atoms with Crippen molar-refractivity contribution in [3.05, 3.63) is 52.9 Å². The summed E-state index contributed by atoms with van der Waals surface area (Å²) in [6.07, 6.45) is 1.06. The van der Waals surface area contributed by atoms with E-state index in [1.165, 1.54) is 10.9 Å². The smallest absolute Gasteiger partial charge is 0.174 e. The lowest BCUT2D eigenvalue weighted by atomic mass is 10.0. The zero-order chi connectivity index (χ0) is 14.9. The van der Waals surface area contributed by atoms with Gasteiger partial charge in [-0.3, -0.25) is 14.3 Å². The second-order valence-corrected chi connectivity index (χ2v) is 4.48. The standard InChI is InChI=1S/C14H12F2N2O2/c1-8-12(7-18(2)17-8)14(20)6-13(19)9-3-10(15)5-11(16)4-9/h3-5,7H,6H2,1-2H3. The number of Topliss-reactive ketones (excluding diaryl/α,β-unsaturated/α-hetero) is 2. The van der Waals surface area contributed by atoms with Crippen LogP contribution in [0, 0.1) is 18.6 Å². The Hall–Kier alpha value is -2.37. The topological polar surface area (TPSA) is 52.0 Å². The first kappa shape index (κ1) is 14.0. The summed E-state index contributed by atoms with van der Waals surface area (Å²) in [5, 5.41) is 4.00. The van der Waals surface area contributed by atoms with Crippen LogP contribution < -0.4 is 0 Å². The monoisotopic (exact) mass is 278 g/mol. The first-order valence-electron chi connectivity index (χ1n) is 5.89. The third-order valence-electron chi connectivity index (χ3n) is 2.82. The highest BCUT2D eigenvalue weighted by Gasteiger charge is 2.18. The quantitative estimate of drug-likeness (QED) is 0.637. The Morgan fingerprint density at radius 2 is 1.75 bits per heavy atom. The summed E-state index contributed by atoms with van der Waals surface area (Å²) in [5.74, 6) is -2.75. The van der Waals surface area contributed by atoms with Gasteiger partial charge in [0.05, 0.1) is 17.7 Å². The first-order chi connectivity index (χ1) is 9.36. The Kier molecular flexibility index (Phi) is 3.74. The highest BCUT2D eigenvalue weighted by molar-refractivity contribution is 6.13. The van der Waals surface area contributed by atoms with Crippen molar-refractivity contribution in [3.63, 3.8) is 0 Å². The second kappa shape index (κ2) is 5.32. The van der Waals surface area contributed by atoms with Crippen LogP contribution in [0.2, 0.25) is 0 Å². The number of hydrogen-bond donors (Lipinski definition) is 0. The number of hydrogen-bond acceptors (Lipinski definition) is 3. The minimum atomic E-state index is -0.849. The molecule has 0 fully saturated rings. The fourth-order valence-electron chi connectivity index (χ4n) is 1.93. The minimum absolute atomic E-state index is 0.155. The molecule has 1 aromatic carbocycles. The van der Waals surface area contributed by atoms with Gasteiger partial charge in [0.1, 0.15) is 11.6 Å². The average Bonchev–Trinajstić information content (AvgIpc) is 2.67. The van der Waals surface area contributed by atoms with Gasteiger partial charge in [-0.05, 0) is 19.1 Å². The van der Waals surface area contributed by atoms with Crippen LogP contribution in [-0.2, 0) is 7.05 Å². The van der Waals surface area contributed by atoms with E-state index in [4.69, 9.17) is 0 Å². The molecule has 0 radical (unpaired) electrons. The predicted molar refractivity (Wildman–Crippen MR) is 67.6 cm³/mol. The van der Waals surface area contributed by atoms with Gasteiger partial charge in [0.15, 0.2) is 11.6 Å². The molecule has 0 bridgehead atoms. The van der Waals surface area contributed by atoms with Crippen molar-refractivity contribution in [3.8, 4) is 0 Å². The summed E-state index contributed by atoms with van der Waals surface area (Å²) in [5.41, 5.74) is 0.686. The van der Waals surface area contributed by atoms with Crippen LogP contribution in [0.3, 0.4) is 0 Å². The van der Waals surface area contributed by atoms with E-state index in [1.807, 2.05) is 0 Å². The molecule has 0 aliphatic rings. The van der Waals surface area contributed by atoms with Gasteiger partial charge >= 0.3 is 0 Å². The number of ketones is 2. The molecule has 0 unspecified atom stereocenters. The van der Waals surface area contributed by atoms with Gasteiger partial charge in [0.25, 0.3) is 0 Å². The zero-order valence-corrected chi connectivity index (χ0v) is 11.0. The van der Waals surface area contributed by atoms with E-state index in [1.54, 1.807) is 14.0 Å². The lowest BCUT2D eigenvalue weighted by molar-refractivity contribution is 0.0893. The largest absolute Gasteiger partial charge is 0.294 e. The molecule has 0 amide bonds. The molecule has 1 heterocycles. The fourth-order valence-corrected chi connectivity index (χ4v) is 1.93. The zero-order valence-electron chi connectivity index (χ0n) is 11.0. The molecule has 2 aromatic rings. The maximum atomic E-state index is 13.0. The molecule has 0 atom stereocenters. The summed E-state index contributed by atoms with van der Waals surface area (Å²) in [6.45, 7) is 1.65. The van der Waals surface area contributed by atoms with Crippen molar-refractivity contribution in [1.82, 2.24) is 9.78 Å². The number of carbonyl (C=O) groups is 2. The molecule has 0 saturated heterocycles. The number of nitrogens with zero attached hydrogens (tertiary/aromatic N) is 2. The second-order valence-electron chi connectivity index (χ2n) is 4.48. The predicted octanol–water partition coefficient (Wildman–Crippen LogP) is 2.46. The van der Waals surface area contributed by atoms with Gasteiger partial charge in [0.2, 0.25) is 0 Å². The highest BCUT2D eigenvalue weighted by atomic mass is 19.1. The van der Waals surface area contributed by atoms with Crippen LogP contribution in [-0.4, -0.2) is 21.3 Å². The van der Waals surface area contributed by atoms with Gasteiger partial charge in [-0.1, -0.05) is 0 Å². The maximum absolute atomic E-state index is 13.0. The summed E-state index contributed by atoms with van der Waals surface area (Å²) in [6, 6.07) is 2.49. The van der Waals surface area contributed by atoms with E-state index in [2.05, 4.69) is 5.10 Å². The summed E-state index contributed by atoms with van der Waals surface area (Å²) in [4.78, 5) is 23.8. The number of carbonyl (C=O) groups excluding carboxylic acids is 2. The van der Waals surface area contributed by atoms with Crippen molar-refractivity contribution in [2.24, 2.45) is 7.05 Å². The summed E-state index contributed by atoms with van der Waals surface area (Å²) >= 11 is 0. The lowest BCUT2D eigenvalue weighted by Gasteiger charge is -2.01.